The third-order valence-electron chi connectivity index (χ3n) is 6.06. The van der Waals surface area contributed by atoms with Crippen molar-refractivity contribution >= 4 is 22.9 Å². The van der Waals surface area contributed by atoms with Gasteiger partial charge in [0.05, 0.1) is 13.7 Å². The van der Waals surface area contributed by atoms with Crippen LogP contribution in [0.2, 0.25) is 0 Å². The largest absolute Gasteiger partial charge is 0.490 e. The summed E-state index contributed by atoms with van der Waals surface area (Å²) in [5, 5.41) is 0.818. The fourth-order valence-corrected chi connectivity index (χ4v) is 4.32. The molecule has 2 aromatic rings. The second-order valence-electron chi connectivity index (χ2n) is 8.39. The smallest absolute Gasteiger partial charge is 0.409 e. The zero-order valence-electron chi connectivity index (χ0n) is 18.4. The molecule has 0 saturated carbocycles. The van der Waals surface area contributed by atoms with Crippen molar-refractivity contribution in [1.82, 2.24) is 19.7 Å². The maximum atomic E-state index is 12.9. The standard InChI is InChI=1S/C22H27F3N4O4/c1-32-21(31)29-10-8-28(9-11-29)20(30)19-13-15-12-17(2-3-18(15)26-19)33-16-4-6-27(7-5-16)14-22(23,24)25/h2-3,12-13,16,26H,4-11,14H2,1H3. The van der Waals surface area contributed by atoms with E-state index in [0.717, 1.165) is 10.9 Å². The van der Waals surface area contributed by atoms with Crippen LogP contribution in [0.15, 0.2) is 24.3 Å². The molecule has 8 nitrogen and oxygen atoms in total. The van der Waals surface area contributed by atoms with E-state index in [9.17, 15) is 22.8 Å². The molecule has 1 aromatic carbocycles. The highest BCUT2D eigenvalue weighted by Crippen LogP contribution is 2.26. The van der Waals surface area contributed by atoms with Crippen LogP contribution >= 0.6 is 0 Å². The Bertz CT molecular complexity index is 993. The number of nitrogens with zero attached hydrogens (tertiary/aromatic N) is 3. The van der Waals surface area contributed by atoms with E-state index in [1.165, 1.54) is 12.0 Å². The molecule has 0 radical (unpaired) electrons. The summed E-state index contributed by atoms with van der Waals surface area (Å²) in [7, 11) is 1.33. The lowest BCUT2D eigenvalue weighted by Crippen LogP contribution is -2.50. The topological polar surface area (TPSA) is 78.1 Å². The van der Waals surface area contributed by atoms with Crippen LogP contribution in [0.1, 0.15) is 23.3 Å². The SMILES string of the molecule is COC(=O)N1CCN(C(=O)c2cc3cc(OC4CCN(CC(F)(F)F)CC4)ccc3[nH]2)CC1. The highest BCUT2D eigenvalue weighted by Gasteiger charge is 2.33. The number of methoxy groups -OCH3 is 1. The van der Waals surface area contributed by atoms with Crippen LogP contribution < -0.4 is 4.74 Å². The van der Waals surface area contributed by atoms with Crippen molar-refractivity contribution in [2.24, 2.45) is 0 Å². The number of aromatic amines is 1. The number of alkyl halides is 3. The van der Waals surface area contributed by atoms with E-state index in [2.05, 4.69) is 4.98 Å². The van der Waals surface area contributed by atoms with Gasteiger partial charge in [-0.3, -0.25) is 9.69 Å². The third kappa shape index (κ3) is 5.70. The summed E-state index contributed by atoms with van der Waals surface area (Å²) >= 11 is 0. The Morgan fingerprint density at radius 1 is 1.03 bits per heavy atom. The average molecular weight is 468 g/mol. The van der Waals surface area contributed by atoms with Crippen LogP contribution in [0, 0.1) is 0 Å². The average Bonchev–Trinajstić information content (AvgIpc) is 3.22. The van der Waals surface area contributed by atoms with E-state index < -0.39 is 18.8 Å². The van der Waals surface area contributed by atoms with Gasteiger partial charge >= 0.3 is 12.3 Å². The second kappa shape index (κ2) is 9.50. The molecule has 1 N–H and O–H groups in total. The number of carbonyl (C=O) groups is 2. The molecule has 0 spiro atoms. The Hall–Kier alpha value is -2.95. The molecule has 11 heteroatoms. The van der Waals surface area contributed by atoms with Crippen molar-refractivity contribution in [3.63, 3.8) is 0 Å². The number of ether oxygens (including phenoxy) is 2. The highest BCUT2D eigenvalue weighted by molar-refractivity contribution is 5.98. The van der Waals surface area contributed by atoms with Crippen molar-refractivity contribution in [3.05, 3.63) is 30.0 Å². The number of hydrogen-bond acceptors (Lipinski definition) is 5. The molecule has 0 bridgehead atoms. The first-order chi connectivity index (χ1) is 15.7. The number of carbonyl (C=O) groups excluding carboxylic acids is 2. The first kappa shape index (κ1) is 23.2. The molecule has 2 fully saturated rings. The number of nitrogens with one attached hydrogen (secondary N) is 1. The van der Waals surface area contributed by atoms with E-state index in [-0.39, 0.29) is 12.0 Å². The molecule has 4 rings (SSSR count). The maximum Gasteiger partial charge on any atom is 0.409 e. The minimum Gasteiger partial charge on any atom is -0.490 e. The predicted molar refractivity (Wildman–Crippen MR) is 114 cm³/mol. The van der Waals surface area contributed by atoms with Gasteiger partial charge in [0.25, 0.3) is 5.91 Å². The highest BCUT2D eigenvalue weighted by atomic mass is 19.4. The number of piperidine rings is 1. The number of amides is 2. The Morgan fingerprint density at radius 3 is 2.33 bits per heavy atom. The number of halogens is 3. The molecule has 2 aliphatic rings. The fourth-order valence-electron chi connectivity index (χ4n) is 4.32. The lowest BCUT2D eigenvalue weighted by molar-refractivity contribution is -0.149. The Labute approximate surface area is 189 Å². The summed E-state index contributed by atoms with van der Waals surface area (Å²) < 4.78 is 48.4. The molecular weight excluding hydrogens is 441 g/mol. The fraction of sp³-hybridized carbons (Fsp3) is 0.545. The summed E-state index contributed by atoms with van der Waals surface area (Å²) in [4.78, 5) is 32.3. The van der Waals surface area contributed by atoms with Crippen molar-refractivity contribution in [1.29, 1.82) is 0 Å². The van der Waals surface area contributed by atoms with Crippen molar-refractivity contribution in [2.75, 3.05) is 52.9 Å². The van der Waals surface area contributed by atoms with Gasteiger partial charge in [0, 0.05) is 50.2 Å². The predicted octanol–water partition coefficient (Wildman–Crippen LogP) is 3.10. The van der Waals surface area contributed by atoms with Crippen LogP contribution in [0.5, 0.6) is 5.75 Å². The Balaban J connectivity index is 1.34. The number of H-pyrrole nitrogens is 1. The first-order valence-corrected chi connectivity index (χ1v) is 10.9. The van der Waals surface area contributed by atoms with E-state index in [1.807, 2.05) is 12.1 Å². The van der Waals surface area contributed by atoms with Crippen LogP contribution in [0.4, 0.5) is 18.0 Å². The number of likely N-dealkylation sites (tertiary alicyclic amines) is 1. The molecule has 2 amide bonds. The molecule has 2 aliphatic heterocycles. The molecule has 33 heavy (non-hydrogen) atoms. The minimum atomic E-state index is -4.18. The van der Waals surface area contributed by atoms with Gasteiger partial charge in [-0.1, -0.05) is 0 Å². The van der Waals surface area contributed by atoms with Crippen molar-refractivity contribution in [2.45, 2.75) is 25.1 Å². The van der Waals surface area contributed by atoms with Crippen LogP contribution in [-0.4, -0.2) is 96.9 Å². The number of rotatable bonds is 4. The zero-order valence-corrected chi connectivity index (χ0v) is 18.4. The van der Waals surface area contributed by atoms with Crippen molar-refractivity contribution in [3.8, 4) is 5.75 Å². The van der Waals surface area contributed by atoms with Crippen LogP contribution in [0.3, 0.4) is 0 Å². The molecule has 0 unspecified atom stereocenters. The van der Waals surface area contributed by atoms with E-state index in [1.54, 1.807) is 21.9 Å². The molecule has 1 aromatic heterocycles. The number of aromatic nitrogens is 1. The van der Waals surface area contributed by atoms with Gasteiger partial charge in [0.15, 0.2) is 0 Å². The lowest BCUT2D eigenvalue weighted by atomic mass is 10.1. The van der Waals surface area contributed by atoms with Gasteiger partial charge in [-0.2, -0.15) is 13.2 Å². The van der Waals surface area contributed by atoms with Crippen molar-refractivity contribution < 1.29 is 32.2 Å². The molecule has 2 saturated heterocycles. The monoisotopic (exact) mass is 468 g/mol. The number of benzene rings is 1. The van der Waals surface area contributed by atoms with Crippen LogP contribution in [0.25, 0.3) is 10.9 Å². The van der Waals surface area contributed by atoms with E-state index >= 15 is 0 Å². The van der Waals surface area contributed by atoms with E-state index in [4.69, 9.17) is 9.47 Å². The van der Waals surface area contributed by atoms with Gasteiger partial charge < -0.3 is 24.3 Å². The zero-order chi connectivity index (χ0) is 23.6. The minimum absolute atomic E-state index is 0.141. The van der Waals surface area contributed by atoms with Gasteiger partial charge in [-0.15, -0.1) is 0 Å². The first-order valence-electron chi connectivity index (χ1n) is 10.9. The number of fused-ring (bicyclic) bond motifs is 1. The van der Waals surface area contributed by atoms with Crippen LogP contribution in [-0.2, 0) is 4.74 Å². The van der Waals surface area contributed by atoms with E-state index in [0.29, 0.717) is 63.6 Å². The lowest BCUT2D eigenvalue weighted by Gasteiger charge is -2.33. The van der Waals surface area contributed by atoms with Gasteiger partial charge in [0.1, 0.15) is 17.5 Å². The summed E-state index contributed by atoms with van der Waals surface area (Å²) in [5.74, 6) is 0.483. The number of piperazine rings is 1. The molecule has 3 heterocycles. The summed E-state index contributed by atoms with van der Waals surface area (Å²) in [6.07, 6.45) is -3.66. The third-order valence-corrected chi connectivity index (χ3v) is 6.06. The number of hydrogen-bond donors (Lipinski definition) is 1. The van der Waals surface area contributed by atoms with Gasteiger partial charge in [0.2, 0.25) is 0 Å². The molecular formula is C22H27F3N4O4. The maximum absolute atomic E-state index is 12.9. The quantitative estimate of drug-likeness (QED) is 0.746. The normalized spacial score (nSPS) is 18.5. The molecule has 0 aliphatic carbocycles. The van der Waals surface area contributed by atoms with Gasteiger partial charge in [-0.05, 0) is 37.1 Å². The summed E-state index contributed by atoms with van der Waals surface area (Å²) in [6, 6.07) is 7.22. The summed E-state index contributed by atoms with van der Waals surface area (Å²) in [5.41, 5.74) is 1.24. The Morgan fingerprint density at radius 2 is 1.70 bits per heavy atom. The molecule has 180 valence electrons. The molecule has 0 atom stereocenters. The Kier molecular flexibility index (Phi) is 6.68. The summed E-state index contributed by atoms with van der Waals surface area (Å²) in [6.45, 7) is 1.48. The van der Waals surface area contributed by atoms with Gasteiger partial charge in [-0.25, -0.2) is 4.79 Å². The second-order valence-corrected chi connectivity index (χ2v) is 8.39.